The molecule has 7 nitrogen and oxygen atoms in total. The molecule has 0 bridgehead atoms. The lowest BCUT2D eigenvalue weighted by molar-refractivity contribution is -0.136. The van der Waals surface area contributed by atoms with Crippen LogP contribution in [0, 0.1) is 11.6 Å². The zero-order valence-electron chi connectivity index (χ0n) is 17.4. The zero-order chi connectivity index (χ0) is 22.8. The number of nitrogens with one attached hydrogen (secondary N) is 1. The summed E-state index contributed by atoms with van der Waals surface area (Å²) in [6.07, 6.45) is 2.41. The molecule has 4 N–H and O–H groups in total. The van der Waals surface area contributed by atoms with Crippen LogP contribution in [-0.2, 0) is 22.4 Å². The number of carbonyl (C=O) groups is 2. The Morgan fingerprint density at radius 1 is 0.875 bits per heavy atom. The van der Waals surface area contributed by atoms with Gasteiger partial charge in [0.05, 0.1) is 12.8 Å². The van der Waals surface area contributed by atoms with Crippen molar-refractivity contribution in [3.8, 4) is 11.5 Å². The monoisotopic (exact) mass is 472 g/mol. The average molecular weight is 473 g/mol. The molecule has 4 rings (SSSR count). The first-order valence-corrected chi connectivity index (χ1v) is 9.91. The van der Waals surface area contributed by atoms with Crippen LogP contribution >= 0.6 is 12.4 Å². The van der Waals surface area contributed by atoms with Gasteiger partial charge >= 0.3 is 5.97 Å². The van der Waals surface area contributed by atoms with Crippen LogP contribution in [0.2, 0.25) is 0 Å². The highest BCUT2D eigenvalue weighted by atomic mass is 35.5. The van der Waals surface area contributed by atoms with Crippen LogP contribution in [0.5, 0.6) is 11.5 Å². The van der Waals surface area contributed by atoms with Gasteiger partial charge in [0.1, 0.15) is 0 Å². The van der Waals surface area contributed by atoms with E-state index in [1.165, 1.54) is 37.7 Å². The van der Waals surface area contributed by atoms with E-state index in [9.17, 15) is 18.4 Å². The second kappa shape index (κ2) is 13.5. The number of aromatic hydroxyl groups is 2. The van der Waals surface area contributed by atoms with Crippen molar-refractivity contribution in [2.24, 2.45) is 0 Å². The predicted octanol–water partition coefficient (Wildman–Crippen LogP) is 2.87. The number of rotatable bonds is 4. The Morgan fingerprint density at radius 2 is 1.31 bits per heavy atom. The van der Waals surface area contributed by atoms with Crippen molar-refractivity contribution in [3.63, 3.8) is 0 Å². The number of hydrogen-bond acceptors (Lipinski definition) is 5. The molecule has 32 heavy (non-hydrogen) atoms. The maximum absolute atomic E-state index is 13.0. The summed E-state index contributed by atoms with van der Waals surface area (Å²) in [4.78, 5) is 23.5. The number of phenolic OH excluding ortho intramolecular Hbond substituents is 2. The minimum atomic E-state index is -1.03. The van der Waals surface area contributed by atoms with Crippen LogP contribution in [0.15, 0.2) is 36.4 Å². The number of carbonyl (C=O) groups excluding carboxylic acids is 1. The highest BCUT2D eigenvalue weighted by Gasteiger charge is 2.20. The largest absolute Gasteiger partial charge is 0.505 e. The number of phenols is 2. The maximum atomic E-state index is 13.0. The van der Waals surface area contributed by atoms with Crippen LogP contribution in [0.25, 0.3) is 0 Å². The first kappa shape index (κ1) is 27.1. The summed E-state index contributed by atoms with van der Waals surface area (Å²) in [5, 5.41) is 29.2. The first-order chi connectivity index (χ1) is 14.8. The van der Waals surface area contributed by atoms with E-state index in [4.69, 9.17) is 15.3 Å². The first-order valence-electron chi connectivity index (χ1n) is 9.91. The summed E-state index contributed by atoms with van der Waals surface area (Å²) >= 11 is 0. The standard InChI is InChI=1S/C11H12FNO2.C8H7FO3.C3H7N.ClH/c12-9-6-8(2-3-10(9)14)7-11(15)13-4-1-5-13;9-6-3-5(4-8(11)12)1-2-7(6)10;1-2-4-3-1;/h2-3,6,14H,1,4-5,7H2;1-3,10H,4H2,(H,11,12);4H,1-3H2;1H. The Bertz CT molecular complexity index is 902. The van der Waals surface area contributed by atoms with Gasteiger partial charge in [0.2, 0.25) is 5.91 Å². The van der Waals surface area contributed by atoms with Gasteiger partial charge in [-0.05, 0) is 61.3 Å². The Labute approximate surface area is 191 Å². The summed E-state index contributed by atoms with van der Waals surface area (Å²) in [7, 11) is 0. The van der Waals surface area contributed by atoms with Gasteiger partial charge in [-0.1, -0.05) is 12.1 Å². The van der Waals surface area contributed by atoms with Crippen molar-refractivity contribution in [1.82, 2.24) is 10.2 Å². The smallest absolute Gasteiger partial charge is 0.307 e. The van der Waals surface area contributed by atoms with Gasteiger partial charge in [-0.15, -0.1) is 12.4 Å². The van der Waals surface area contributed by atoms with Crippen molar-refractivity contribution in [3.05, 3.63) is 59.2 Å². The van der Waals surface area contributed by atoms with Crippen LogP contribution in [0.3, 0.4) is 0 Å². The molecule has 0 aliphatic carbocycles. The number of halogens is 3. The van der Waals surface area contributed by atoms with Gasteiger partial charge in [-0.3, -0.25) is 9.59 Å². The van der Waals surface area contributed by atoms with Crippen LogP contribution < -0.4 is 5.32 Å². The summed E-state index contributed by atoms with van der Waals surface area (Å²) in [5.74, 6) is -3.33. The highest BCUT2D eigenvalue weighted by Crippen LogP contribution is 2.18. The van der Waals surface area contributed by atoms with E-state index >= 15 is 0 Å². The number of carboxylic acids is 1. The molecule has 0 atom stereocenters. The molecule has 2 aliphatic rings. The lowest BCUT2D eigenvalue weighted by Gasteiger charge is -2.30. The molecule has 1 amide bonds. The van der Waals surface area contributed by atoms with E-state index in [-0.39, 0.29) is 36.9 Å². The summed E-state index contributed by atoms with van der Waals surface area (Å²) in [6, 6.07) is 7.54. The van der Waals surface area contributed by atoms with E-state index in [0.717, 1.165) is 31.6 Å². The van der Waals surface area contributed by atoms with Gasteiger partial charge in [-0.2, -0.15) is 0 Å². The second-order valence-electron chi connectivity index (χ2n) is 7.16. The van der Waals surface area contributed by atoms with E-state index in [2.05, 4.69) is 5.32 Å². The molecule has 176 valence electrons. The Hall–Kier alpha value is -2.91. The number of nitrogens with zero attached hydrogens (tertiary/aromatic N) is 1. The zero-order valence-corrected chi connectivity index (χ0v) is 18.2. The second-order valence-corrected chi connectivity index (χ2v) is 7.16. The Morgan fingerprint density at radius 3 is 1.62 bits per heavy atom. The van der Waals surface area contributed by atoms with Gasteiger partial charge in [0.15, 0.2) is 23.1 Å². The molecule has 2 heterocycles. The number of aliphatic carboxylic acids is 1. The molecule has 0 aromatic heterocycles. The van der Waals surface area contributed by atoms with Crippen LogP contribution in [0.4, 0.5) is 8.78 Å². The number of benzene rings is 2. The van der Waals surface area contributed by atoms with Crippen molar-refractivity contribution < 1.29 is 33.7 Å². The van der Waals surface area contributed by atoms with Crippen molar-refractivity contribution in [2.45, 2.75) is 25.7 Å². The lowest BCUT2D eigenvalue weighted by atomic mass is 10.1. The van der Waals surface area contributed by atoms with Crippen molar-refractivity contribution in [1.29, 1.82) is 0 Å². The molecule has 10 heteroatoms. The number of carboxylic acid groups (broad SMARTS) is 1. The molecule has 2 aromatic rings. The summed E-state index contributed by atoms with van der Waals surface area (Å²) in [5.41, 5.74) is 0.931. The molecule has 0 unspecified atom stereocenters. The number of hydrogen-bond donors (Lipinski definition) is 4. The molecule has 2 aliphatic heterocycles. The molecule has 2 fully saturated rings. The molecular weight excluding hydrogens is 446 g/mol. The van der Waals surface area contributed by atoms with Gasteiger partial charge in [-0.25, -0.2) is 8.78 Å². The van der Waals surface area contributed by atoms with E-state index in [1.54, 1.807) is 11.0 Å². The molecule has 2 aromatic carbocycles. The summed E-state index contributed by atoms with van der Waals surface area (Å²) in [6.45, 7) is 4.11. The molecule has 0 saturated carbocycles. The lowest BCUT2D eigenvalue weighted by Crippen LogP contribution is -2.42. The molecular formula is C22H27ClF2N2O5. The average Bonchev–Trinajstić information content (AvgIpc) is 2.58. The van der Waals surface area contributed by atoms with Gasteiger partial charge in [0.25, 0.3) is 0 Å². The third kappa shape index (κ3) is 9.07. The highest BCUT2D eigenvalue weighted by molar-refractivity contribution is 5.85. The summed E-state index contributed by atoms with van der Waals surface area (Å²) < 4.78 is 25.5. The molecule has 2 saturated heterocycles. The Kier molecular flexibility index (Phi) is 11.4. The van der Waals surface area contributed by atoms with Gasteiger partial charge in [0, 0.05) is 13.1 Å². The van der Waals surface area contributed by atoms with Crippen molar-refractivity contribution >= 4 is 24.3 Å². The third-order valence-electron chi connectivity index (χ3n) is 4.65. The predicted molar refractivity (Wildman–Crippen MR) is 117 cm³/mol. The number of amides is 1. The minimum absolute atomic E-state index is 0. The fraction of sp³-hybridized carbons (Fsp3) is 0.364. The normalized spacial score (nSPS) is 13.6. The fourth-order valence-corrected chi connectivity index (χ4v) is 2.52. The van der Waals surface area contributed by atoms with Crippen LogP contribution in [-0.4, -0.2) is 58.3 Å². The van der Waals surface area contributed by atoms with E-state index in [1.807, 2.05) is 0 Å². The SMILES string of the molecule is C1CNC1.Cl.O=C(Cc1ccc(O)c(F)c1)N1CCC1.O=C(O)Cc1ccc(O)c(F)c1. The minimum Gasteiger partial charge on any atom is -0.505 e. The molecule has 0 spiro atoms. The maximum Gasteiger partial charge on any atom is 0.307 e. The van der Waals surface area contributed by atoms with E-state index in [0.29, 0.717) is 11.1 Å². The Balaban J connectivity index is 0.000000269. The van der Waals surface area contributed by atoms with Crippen LogP contribution in [0.1, 0.15) is 24.0 Å². The number of likely N-dealkylation sites (tertiary alicyclic amines) is 1. The quantitative estimate of drug-likeness (QED) is 0.544. The fourth-order valence-electron chi connectivity index (χ4n) is 2.52. The van der Waals surface area contributed by atoms with E-state index < -0.39 is 23.4 Å². The van der Waals surface area contributed by atoms with Gasteiger partial charge < -0.3 is 25.5 Å². The third-order valence-corrected chi connectivity index (χ3v) is 4.65. The molecule has 0 radical (unpaired) electrons. The van der Waals surface area contributed by atoms with Crippen molar-refractivity contribution in [2.75, 3.05) is 26.2 Å². The topological polar surface area (TPSA) is 110 Å².